The molecule has 0 bridgehead atoms. The third kappa shape index (κ3) is 7.77. The van der Waals surface area contributed by atoms with E-state index < -0.39 is 12.2 Å². The molecule has 0 saturated carbocycles. The molecule has 7 nitrogen and oxygen atoms in total. The van der Waals surface area contributed by atoms with Gasteiger partial charge in [0.15, 0.2) is 0 Å². The summed E-state index contributed by atoms with van der Waals surface area (Å²) in [5.74, 6) is 0.113. The molecule has 6 rings (SSSR count). The summed E-state index contributed by atoms with van der Waals surface area (Å²) in [4.78, 5) is 2.34. The van der Waals surface area contributed by atoms with E-state index in [-0.39, 0.29) is 42.3 Å². The average molecular weight is 630 g/mol. The molecule has 2 aliphatic rings. The third-order valence-corrected chi connectivity index (χ3v) is 9.22. The van der Waals surface area contributed by atoms with Crippen LogP contribution in [-0.2, 0) is 4.74 Å². The maximum absolute atomic E-state index is 13.4. The van der Waals surface area contributed by atoms with E-state index in [9.17, 15) is 24.8 Å². The predicted molar refractivity (Wildman–Crippen MR) is 177 cm³/mol. The minimum atomic E-state index is -0.683. The van der Waals surface area contributed by atoms with E-state index in [0.29, 0.717) is 24.8 Å². The molecule has 6 atom stereocenters. The Morgan fingerprint density at radius 3 is 2.26 bits per heavy atom. The van der Waals surface area contributed by atoms with E-state index in [4.69, 9.17) is 9.84 Å². The number of phenols is 1. The molecule has 46 heavy (non-hydrogen) atoms. The zero-order chi connectivity index (χ0) is 32.6. The fourth-order valence-corrected chi connectivity index (χ4v) is 6.90. The summed E-state index contributed by atoms with van der Waals surface area (Å²) in [5.41, 5.74) is 5.45. The zero-order valence-corrected chi connectivity index (χ0v) is 26.1. The summed E-state index contributed by atoms with van der Waals surface area (Å²) >= 11 is 0. The first-order chi connectivity index (χ1) is 22.4. The summed E-state index contributed by atoms with van der Waals surface area (Å²) in [6.45, 7) is 0.722. The normalized spacial score (nSPS) is 23.4. The quantitative estimate of drug-likeness (QED) is 0.144. The van der Waals surface area contributed by atoms with Gasteiger partial charge in [0.2, 0.25) is 0 Å². The van der Waals surface area contributed by atoms with Crippen LogP contribution in [0.2, 0.25) is 0 Å². The van der Waals surface area contributed by atoms with Crippen LogP contribution in [0.5, 0.6) is 5.75 Å². The molecule has 0 spiro atoms. The second kappa shape index (κ2) is 15.7. The molecule has 0 aromatic heterocycles. The van der Waals surface area contributed by atoms with E-state index in [0.717, 1.165) is 54.4 Å². The summed E-state index contributed by atoms with van der Waals surface area (Å²) in [6, 6.07) is 30.0. The van der Waals surface area contributed by atoms with E-state index >= 15 is 0 Å². The molecule has 4 aromatic rings. The van der Waals surface area contributed by atoms with Gasteiger partial charge in [-0.3, -0.25) is 0 Å². The highest BCUT2D eigenvalue weighted by molar-refractivity contribution is 5.67. The van der Waals surface area contributed by atoms with Gasteiger partial charge in [0.25, 0.3) is 0 Å². The Morgan fingerprint density at radius 2 is 1.59 bits per heavy atom. The number of hydrogen-bond acceptors (Lipinski definition) is 7. The van der Waals surface area contributed by atoms with E-state index in [1.807, 2.05) is 60.7 Å². The number of aliphatic hydroxyl groups is 4. The maximum atomic E-state index is 13.4. The van der Waals surface area contributed by atoms with Crippen LogP contribution in [0.25, 0.3) is 11.1 Å². The molecule has 0 radical (unpaired) electrons. The Kier molecular flexibility index (Phi) is 11.4. The number of phenolic OH excluding ortho intramolecular Hbond substituents is 1. The Hall–Kier alpha value is -3.79. The molecule has 0 amide bonds. The molecule has 4 aromatic carbocycles. The minimum absolute atomic E-state index is 0.0661. The Bertz CT molecular complexity index is 1520. The van der Waals surface area contributed by atoms with Gasteiger partial charge in [0, 0.05) is 37.7 Å². The van der Waals surface area contributed by atoms with Gasteiger partial charge in [-0.1, -0.05) is 66.7 Å². The number of hydrogen-bond donors (Lipinski definition) is 5. The van der Waals surface area contributed by atoms with Gasteiger partial charge in [-0.05, 0) is 77.8 Å². The van der Waals surface area contributed by atoms with Crippen molar-refractivity contribution in [3.63, 3.8) is 0 Å². The smallest absolute Gasteiger partial charge is 0.123 e. The highest BCUT2D eigenvalue weighted by Crippen LogP contribution is 2.46. The van der Waals surface area contributed by atoms with Crippen LogP contribution in [0.4, 0.5) is 10.1 Å². The van der Waals surface area contributed by atoms with Crippen LogP contribution >= 0.6 is 0 Å². The van der Waals surface area contributed by atoms with Crippen molar-refractivity contribution >= 4 is 5.69 Å². The molecular weight excluding hydrogens is 585 g/mol. The molecule has 244 valence electrons. The SMILES string of the molecule is CO.OCC1CC(O)CC(c2ccc(-c3ccc(C4C(CCC(O)c5ccc(F)cc5)CCN4c4ccccc4)c(O)c3)cc2)O1. The maximum Gasteiger partial charge on any atom is 0.123 e. The van der Waals surface area contributed by atoms with Gasteiger partial charge in [0.1, 0.15) is 11.6 Å². The van der Waals surface area contributed by atoms with Gasteiger partial charge >= 0.3 is 0 Å². The first-order valence-corrected chi connectivity index (χ1v) is 16.0. The van der Waals surface area contributed by atoms with E-state index in [1.54, 1.807) is 12.1 Å². The van der Waals surface area contributed by atoms with Crippen LogP contribution in [0.3, 0.4) is 0 Å². The number of anilines is 1. The fourth-order valence-electron chi connectivity index (χ4n) is 6.90. The molecule has 5 N–H and O–H groups in total. The molecule has 2 aliphatic heterocycles. The fraction of sp³-hybridized carbons (Fsp3) is 0.368. The number of halogens is 1. The number of aromatic hydroxyl groups is 1. The van der Waals surface area contributed by atoms with Crippen LogP contribution in [-0.4, -0.2) is 58.0 Å². The predicted octanol–water partition coefficient (Wildman–Crippen LogP) is 6.46. The summed E-state index contributed by atoms with van der Waals surface area (Å²) in [5, 5.41) is 49.0. The number of aliphatic hydroxyl groups excluding tert-OH is 4. The molecule has 2 heterocycles. The number of para-hydroxylation sites is 1. The van der Waals surface area contributed by atoms with Crippen molar-refractivity contribution in [2.24, 2.45) is 5.92 Å². The summed E-state index contributed by atoms with van der Waals surface area (Å²) in [6.07, 6.45) is 1.33. The second-order valence-electron chi connectivity index (χ2n) is 12.1. The van der Waals surface area contributed by atoms with Crippen LogP contribution in [0.15, 0.2) is 97.1 Å². The Morgan fingerprint density at radius 1 is 0.891 bits per heavy atom. The van der Waals surface area contributed by atoms with Crippen LogP contribution in [0.1, 0.15) is 67.0 Å². The molecular formula is C38H44FNO6. The number of rotatable bonds is 9. The first-order valence-electron chi connectivity index (χ1n) is 16.0. The van der Waals surface area contributed by atoms with Gasteiger partial charge in [0.05, 0.1) is 37.1 Å². The molecule has 8 heteroatoms. The molecule has 0 aliphatic carbocycles. The van der Waals surface area contributed by atoms with Gasteiger partial charge in [-0.15, -0.1) is 0 Å². The Labute approximate surface area is 270 Å². The minimum Gasteiger partial charge on any atom is -0.508 e. The van der Waals surface area contributed by atoms with Crippen molar-refractivity contribution in [1.29, 1.82) is 0 Å². The summed E-state index contributed by atoms with van der Waals surface area (Å²) < 4.78 is 19.4. The average Bonchev–Trinajstić information content (AvgIpc) is 3.52. The molecule has 2 saturated heterocycles. The highest BCUT2D eigenvalue weighted by atomic mass is 19.1. The topological polar surface area (TPSA) is 114 Å². The van der Waals surface area contributed by atoms with Crippen LogP contribution < -0.4 is 4.90 Å². The van der Waals surface area contributed by atoms with E-state index in [2.05, 4.69) is 17.0 Å². The first kappa shape index (κ1) is 33.6. The van der Waals surface area contributed by atoms with Gasteiger partial charge in [-0.25, -0.2) is 4.39 Å². The van der Waals surface area contributed by atoms with Crippen molar-refractivity contribution in [3.05, 3.63) is 120 Å². The summed E-state index contributed by atoms with van der Waals surface area (Å²) in [7, 11) is 1.00. The molecule has 2 fully saturated rings. The number of benzene rings is 4. The molecule has 6 unspecified atom stereocenters. The second-order valence-corrected chi connectivity index (χ2v) is 12.1. The monoisotopic (exact) mass is 629 g/mol. The van der Waals surface area contributed by atoms with Gasteiger partial charge < -0.3 is 35.2 Å². The lowest BCUT2D eigenvalue weighted by molar-refractivity contribution is -0.113. The Balaban J connectivity index is 0.00000204. The van der Waals surface area contributed by atoms with Crippen LogP contribution in [0, 0.1) is 11.7 Å². The van der Waals surface area contributed by atoms with Crippen molar-refractivity contribution in [1.82, 2.24) is 0 Å². The lowest BCUT2D eigenvalue weighted by Gasteiger charge is -2.32. The number of nitrogens with zero attached hydrogens (tertiary/aromatic N) is 1. The van der Waals surface area contributed by atoms with Crippen molar-refractivity contribution in [3.8, 4) is 16.9 Å². The van der Waals surface area contributed by atoms with Gasteiger partial charge in [-0.2, -0.15) is 0 Å². The zero-order valence-electron chi connectivity index (χ0n) is 26.1. The standard InChI is InChI=1S/C37H40FNO5.CH4O/c38-29-14-10-25(11-15-29)34(42)17-13-27-18-19-39(30-4-2-1-3-5-30)37(27)33-16-12-28(20-35(33)43)24-6-8-26(9-7-24)36-22-31(41)21-32(23-40)44-36;1-2/h1-12,14-16,20,27,31-32,34,36-37,40-43H,13,17-19,21-23H2;2H,1H3. The lowest BCUT2D eigenvalue weighted by atomic mass is 9.86. The van der Waals surface area contributed by atoms with Crippen molar-refractivity contribution < 1.29 is 34.7 Å². The van der Waals surface area contributed by atoms with Crippen molar-refractivity contribution in [2.45, 2.75) is 62.6 Å². The largest absolute Gasteiger partial charge is 0.508 e. The van der Waals surface area contributed by atoms with Crippen molar-refractivity contribution in [2.75, 3.05) is 25.2 Å². The van der Waals surface area contributed by atoms with E-state index in [1.165, 1.54) is 12.1 Å². The highest BCUT2D eigenvalue weighted by Gasteiger charge is 2.37. The third-order valence-electron chi connectivity index (χ3n) is 9.22. The number of ether oxygens (including phenoxy) is 1. The lowest BCUT2D eigenvalue weighted by Crippen LogP contribution is -2.33.